The van der Waals surface area contributed by atoms with Gasteiger partial charge in [-0.2, -0.15) is 0 Å². The van der Waals surface area contributed by atoms with Gasteiger partial charge < -0.3 is 10.2 Å². The fourth-order valence-electron chi connectivity index (χ4n) is 4.62. The molecule has 2 fully saturated rings. The van der Waals surface area contributed by atoms with Gasteiger partial charge in [0.15, 0.2) is 0 Å². The van der Waals surface area contributed by atoms with Gasteiger partial charge in [0.25, 0.3) is 0 Å². The van der Waals surface area contributed by atoms with Gasteiger partial charge in [0.2, 0.25) is 11.8 Å². The molecule has 6 nitrogen and oxygen atoms in total. The van der Waals surface area contributed by atoms with Crippen molar-refractivity contribution in [3.8, 4) is 0 Å². The number of allylic oxidation sites excluding steroid dienone is 2. The summed E-state index contributed by atoms with van der Waals surface area (Å²) in [6.07, 6.45) is 9.17. The molecular formula is C25H36N4O2. The average Bonchev–Trinajstić information content (AvgIpc) is 3.59. The van der Waals surface area contributed by atoms with Crippen molar-refractivity contribution in [2.24, 2.45) is 0 Å². The normalized spacial score (nSPS) is 20.3. The molecule has 168 valence electrons. The van der Waals surface area contributed by atoms with Crippen molar-refractivity contribution in [3.05, 3.63) is 41.1 Å². The number of nitrogens with zero attached hydrogens (tertiary/aromatic N) is 3. The van der Waals surface area contributed by atoms with Crippen LogP contribution in [0.15, 0.2) is 30.0 Å². The minimum atomic E-state index is 0.0300. The quantitative estimate of drug-likeness (QED) is 0.730. The number of hydrogen-bond donors (Lipinski definition) is 1. The molecule has 0 aromatic heterocycles. The second-order valence-corrected chi connectivity index (χ2v) is 9.28. The van der Waals surface area contributed by atoms with E-state index in [1.165, 1.54) is 24.1 Å². The predicted molar refractivity (Wildman–Crippen MR) is 124 cm³/mol. The highest BCUT2D eigenvalue weighted by molar-refractivity contribution is 5.93. The Morgan fingerprint density at radius 1 is 1.03 bits per heavy atom. The molecule has 1 aromatic rings. The van der Waals surface area contributed by atoms with Crippen LogP contribution in [0.25, 0.3) is 0 Å². The molecule has 1 saturated carbocycles. The minimum Gasteiger partial charge on any atom is -0.325 e. The SMILES string of the molecule is Cc1cccc(NC(=O)CN2CCN(CC(=O)N(C3=CCCCC3)C3CC3)CC2)c1C. The summed E-state index contributed by atoms with van der Waals surface area (Å²) < 4.78 is 0. The maximum Gasteiger partial charge on any atom is 0.241 e. The van der Waals surface area contributed by atoms with Crippen molar-refractivity contribution in [2.75, 3.05) is 44.6 Å². The molecule has 2 aliphatic carbocycles. The molecule has 6 heteroatoms. The van der Waals surface area contributed by atoms with Crippen molar-refractivity contribution >= 4 is 17.5 Å². The van der Waals surface area contributed by atoms with Gasteiger partial charge in [-0.3, -0.25) is 19.4 Å². The summed E-state index contributed by atoms with van der Waals surface area (Å²) in [4.78, 5) is 32.1. The van der Waals surface area contributed by atoms with Crippen LogP contribution in [0.2, 0.25) is 0 Å². The van der Waals surface area contributed by atoms with Gasteiger partial charge in [0.1, 0.15) is 0 Å². The highest BCUT2D eigenvalue weighted by Crippen LogP contribution is 2.33. The lowest BCUT2D eigenvalue weighted by Crippen LogP contribution is -2.51. The first kappa shape index (κ1) is 22.0. The molecule has 1 N–H and O–H groups in total. The molecule has 2 amide bonds. The summed E-state index contributed by atoms with van der Waals surface area (Å²) >= 11 is 0. The number of amides is 2. The van der Waals surface area contributed by atoms with Gasteiger partial charge in [0.05, 0.1) is 13.1 Å². The lowest BCUT2D eigenvalue weighted by molar-refractivity contribution is -0.132. The fourth-order valence-corrected chi connectivity index (χ4v) is 4.62. The van der Waals surface area contributed by atoms with E-state index in [1.807, 2.05) is 19.1 Å². The number of hydrogen-bond acceptors (Lipinski definition) is 4. The summed E-state index contributed by atoms with van der Waals surface area (Å²) in [6.45, 7) is 8.29. The zero-order chi connectivity index (χ0) is 21.8. The highest BCUT2D eigenvalue weighted by atomic mass is 16.2. The van der Waals surface area contributed by atoms with E-state index in [2.05, 4.69) is 39.1 Å². The Bertz CT molecular complexity index is 838. The van der Waals surface area contributed by atoms with E-state index in [0.717, 1.165) is 63.1 Å². The van der Waals surface area contributed by atoms with Crippen LogP contribution in [0.4, 0.5) is 5.69 Å². The predicted octanol–water partition coefficient (Wildman–Crippen LogP) is 3.31. The average molecular weight is 425 g/mol. The first-order valence-corrected chi connectivity index (χ1v) is 11.8. The van der Waals surface area contributed by atoms with E-state index >= 15 is 0 Å². The van der Waals surface area contributed by atoms with Crippen LogP contribution in [-0.4, -0.2) is 71.8 Å². The van der Waals surface area contributed by atoms with Gasteiger partial charge in [-0.15, -0.1) is 0 Å². The number of carbonyl (C=O) groups excluding carboxylic acids is 2. The second kappa shape index (κ2) is 9.96. The van der Waals surface area contributed by atoms with Gasteiger partial charge in [-0.25, -0.2) is 0 Å². The smallest absolute Gasteiger partial charge is 0.241 e. The molecule has 0 spiro atoms. The molecule has 0 bridgehead atoms. The Morgan fingerprint density at radius 2 is 1.74 bits per heavy atom. The highest BCUT2D eigenvalue weighted by Gasteiger charge is 2.35. The molecule has 0 unspecified atom stereocenters. The van der Waals surface area contributed by atoms with E-state index in [0.29, 0.717) is 19.1 Å². The Morgan fingerprint density at radius 3 is 2.39 bits per heavy atom. The number of aryl methyl sites for hydroxylation is 1. The van der Waals surface area contributed by atoms with Crippen LogP contribution >= 0.6 is 0 Å². The summed E-state index contributed by atoms with van der Waals surface area (Å²) in [5.41, 5.74) is 4.46. The van der Waals surface area contributed by atoms with Crippen LogP contribution in [0, 0.1) is 13.8 Å². The first-order chi connectivity index (χ1) is 15.0. The number of piperazine rings is 1. The largest absolute Gasteiger partial charge is 0.325 e. The number of benzene rings is 1. The molecule has 31 heavy (non-hydrogen) atoms. The third-order valence-electron chi connectivity index (χ3n) is 6.83. The molecule has 0 atom stereocenters. The van der Waals surface area contributed by atoms with Crippen molar-refractivity contribution in [1.82, 2.24) is 14.7 Å². The number of carbonyl (C=O) groups is 2. The monoisotopic (exact) mass is 424 g/mol. The van der Waals surface area contributed by atoms with Crippen molar-refractivity contribution in [3.63, 3.8) is 0 Å². The Kier molecular flexibility index (Phi) is 7.08. The summed E-state index contributed by atoms with van der Waals surface area (Å²) in [6, 6.07) is 6.42. The van der Waals surface area contributed by atoms with E-state index in [4.69, 9.17) is 0 Å². The Balaban J connectivity index is 1.24. The Hall–Kier alpha value is -2.18. The van der Waals surface area contributed by atoms with E-state index < -0.39 is 0 Å². The van der Waals surface area contributed by atoms with Crippen LogP contribution in [0.5, 0.6) is 0 Å². The van der Waals surface area contributed by atoms with Crippen molar-refractivity contribution in [1.29, 1.82) is 0 Å². The lowest BCUT2D eigenvalue weighted by Gasteiger charge is -2.36. The van der Waals surface area contributed by atoms with Crippen molar-refractivity contribution < 1.29 is 9.59 Å². The Labute approximate surface area is 186 Å². The maximum atomic E-state index is 13.1. The molecule has 3 aliphatic rings. The first-order valence-electron chi connectivity index (χ1n) is 11.8. The second-order valence-electron chi connectivity index (χ2n) is 9.28. The number of anilines is 1. The molecular weight excluding hydrogens is 388 g/mol. The lowest BCUT2D eigenvalue weighted by atomic mass is 10.0. The molecule has 1 heterocycles. The molecule has 1 aliphatic heterocycles. The third kappa shape index (κ3) is 5.74. The molecule has 1 aromatic carbocycles. The van der Waals surface area contributed by atoms with Gasteiger partial charge in [-0.05, 0) is 69.6 Å². The minimum absolute atomic E-state index is 0.0300. The summed E-state index contributed by atoms with van der Waals surface area (Å²) in [7, 11) is 0. The van der Waals surface area contributed by atoms with Crippen LogP contribution < -0.4 is 5.32 Å². The van der Waals surface area contributed by atoms with Gasteiger partial charge in [0, 0.05) is 43.6 Å². The molecule has 4 rings (SSSR count). The van der Waals surface area contributed by atoms with Gasteiger partial charge in [-0.1, -0.05) is 18.2 Å². The van der Waals surface area contributed by atoms with Crippen LogP contribution in [0.3, 0.4) is 0 Å². The molecule has 0 radical (unpaired) electrons. The number of rotatable bonds is 7. The zero-order valence-corrected chi connectivity index (χ0v) is 19.0. The van der Waals surface area contributed by atoms with E-state index in [1.54, 1.807) is 0 Å². The van der Waals surface area contributed by atoms with Crippen LogP contribution in [0.1, 0.15) is 49.7 Å². The summed E-state index contributed by atoms with van der Waals surface area (Å²) in [5, 5.41) is 3.05. The fraction of sp³-hybridized carbons (Fsp3) is 0.600. The standard InChI is InChI=1S/C25H36N4O2/c1-19-7-6-10-23(20(19)2)26-24(30)17-27-13-15-28(16-14-27)18-25(31)29(22-11-12-22)21-8-4-3-5-9-21/h6-8,10,22H,3-5,9,11-18H2,1-2H3,(H,26,30). The van der Waals surface area contributed by atoms with Crippen molar-refractivity contribution in [2.45, 2.75) is 58.4 Å². The number of nitrogens with one attached hydrogen (secondary N) is 1. The molecule has 1 saturated heterocycles. The topological polar surface area (TPSA) is 55.9 Å². The van der Waals surface area contributed by atoms with Gasteiger partial charge >= 0.3 is 0 Å². The zero-order valence-electron chi connectivity index (χ0n) is 19.0. The van der Waals surface area contributed by atoms with E-state index in [-0.39, 0.29) is 11.8 Å². The summed E-state index contributed by atoms with van der Waals surface area (Å²) in [5.74, 6) is 0.291. The van der Waals surface area contributed by atoms with Crippen LogP contribution in [-0.2, 0) is 9.59 Å². The maximum absolute atomic E-state index is 13.1. The third-order valence-corrected chi connectivity index (χ3v) is 6.83. The van der Waals surface area contributed by atoms with E-state index in [9.17, 15) is 9.59 Å².